The highest BCUT2D eigenvalue weighted by molar-refractivity contribution is 9.09. The van der Waals surface area contributed by atoms with Crippen molar-refractivity contribution in [1.82, 2.24) is 0 Å². The molecule has 0 rings (SSSR count). The summed E-state index contributed by atoms with van der Waals surface area (Å²) in [6, 6.07) is 0. The Hall–Kier alpha value is 0.0800. The minimum atomic E-state index is 0.926. The van der Waals surface area contributed by atoms with Gasteiger partial charge in [0, 0.05) is 23.5 Å². The second kappa shape index (κ2) is 24.1. The third-order valence-electron chi connectivity index (χ3n) is 2.91. The summed E-state index contributed by atoms with van der Waals surface area (Å²) < 4.78 is 0. The molecule has 0 fully saturated rings. The Morgan fingerprint density at radius 3 is 1.10 bits per heavy atom. The fourth-order valence-corrected chi connectivity index (χ4v) is 2.50. The van der Waals surface area contributed by atoms with Crippen molar-refractivity contribution in [3.8, 4) is 24.7 Å². The normalized spacial score (nSPS) is 9.20. The Balaban J connectivity index is 0. The van der Waals surface area contributed by atoms with Crippen LogP contribution in [0.2, 0.25) is 0 Å². The molecule has 0 aliphatic carbocycles. The van der Waals surface area contributed by atoms with Gasteiger partial charge in [-0.1, -0.05) is 70.4 Å². The fraction of sp³-hybridized carbons (Fsp3) is 0.778. The van der Waals surface area contributed by atoms with Gasteiger partial charge in [0.05, 0.1) is 0 Å². The largest absolute Gasteiger partial charge is 0.120 e. The first-order chi connectivity index (χ1) is 9.83. The van der Waals surface area contributed by atoms with Crippen LogP contribution in [0.3, 0.4) is 0 Å². The molecule has 0 heterocycles. The average Bonchev–Trinajstić information content (AvgIpc) is 2.47. The second-order valence-electron chi connectivity index (χ2n) is 4.82. The maximum atomic E-state index is 5.11. The van der Waals surface area contributed by atoms with Crippen LogP contribution in [0.5, 0.6) is 0 Å². The number of hydrogen-bond acceptors (Lipinski definition) is 0. The van der Waals surface area contributed by atoms with E-state index in [-0.39, 0.29) is 0 Å². The van der Waals surface area contributed by atoms with Crippen LogP contribution in [-0.2, 0) is 0 Å². The molecule has 0 aromatic carbocycles. The smallest absolute Gasteiger partial charge is 0.00860 e. The lowest BCUT2D eigenvalue weighted by molar-refractivity contribution is 0.628. The molecule has 0 nitrogen and oxygen atoms in total. The molecule has 0 aromatic rings. The van der Waals surface area contributed by atoms with Crippen molar-refractivity contribution in [3.05, 3.63) is 0 Å². The van der Waals surface area contributed by atoms with Crippen molar-refractivity contribution in [3.63, 3.8) is 0 Å². The van der Waals surface area contributed by atoms with E-state index in [1.165, 1.54) is 74.9 Å². The van der Waals surface area contributed by atoms with Gasteiger partial charge in [-0.05, 0) is 25.7 Å². The van der Waals surface area contributed by atoms with Crippen LogP contribution in [0.4, 0.5) is 0 Å². The molecule has 0 atom stereocenters. The molecule has 0 saturated carbocycles. The summed E-state index contributed by atoms with van der Waals surface area (Å²) in [6.07, 6.45) is 25.1. The van der Waals surface area contributed by atoms with Gasteiger partial charge in [-0.25, -0.2) is 0 Å². The summed E-state index contributed by atoms with van der Waals surface area (Å²) in [5.74, 6) is 5.27. The highest BCUT2D eigenvalue weighted by Crippen LogP contribution is 2.06. The van der Waals surface area contributed by atoms with E-state index in [2.05, 4.69) is 43.7 Å². The Kier molecular flexibility index (Phi) is 27.0. The second-order valence-corrected chi connectivity index (χ2v) is 6.41. The van der Waals surface area contributed by atoms with Crippen LogP contribution in [-0.4, -0.2) is 10.7 Å². The SMILES string of the molecule is BrCCCCCCCBr.C#CCCCCCCCC#C. The zero-order valence-electron chi connectivity index (χ0n) is 12.8. The van der Waals surface area contributed by atoms with Crippen LogP contribution in [0.15, 0.2) is 0 Å². The third-order valence-corrected chi connectivity index (χ3v) is 4.03. The minimum absolute atomic E-state index is 0.926. The van der Waals surface area contributed by atoms with Gasteiger partial charge in [-0.2, -0.15) is 0 Å². The summed E-state index contributed by atoms with van der Waals surface area (Å²) in [7, 11) is 0. The summed E-state index contributed by atoms with van der Waals surface area (Å²) in [5, 5.41) is 2.34. The maximum Gasteiger partial charge on any atom is 0.00860 e. The van der Waals surface area contributed by atoms with Gasteiger partial charge in [-0.15, -0.1) is 24.7 Å². The van der Waals surface area contributed by atoms with Crippen molar-refractivity contribution < 1.29 is 0 Å². The van der Waals surface area contributed by atoms with Gasteiger partial charge < -0.3 is 0 Å². The number of terminal acetylenes is 2. The summed E-state index contributed by atoms with van der Waals surface area (Å²) in [6.45, 7) is 0. The first-order valence-corrected chi connectivity index (χ1v) is 10.1. The molecule has 0 unspecified atom stereocenters. The van der Waals surface area contributed by atoms with Gasteiger partial charge >= 0.3 is 0 Å². The molecule has 0 spiro atoms. The molecule has 0 saturated heterocycles. The Bertz CT molecular complexity index is 211. The standard InChI is InChI=1S/C11H16.C7H14Br2/c1-3-5-7-9-11-10-8-6-4-2;8-6-4-2-1-3-5-7-9/h1-2H,5-11H2;1-7H2. The van der Waals surface area contributed by atoms with E-state index >= 15 is 0 Å². The number of unbranched alkanes of at least 4 members (excludes halogenated alkanes) is 10. The van der Waals surface area contributed by atoms with Crippen LogP contribution >= 0.6 is 31.9 Å². The minimum Gasteiger partial charge on any atom is -0.120 e. The summed E-state index contributed by atoms with van der Waals surface area (Å²) in [5.41, 5.74) is 0. The average molecular weight is 406 g/mol. The molecule has 0 aliphatic heterocycles. The molecule has 0 bridgehead atoms. The predicted octanol–water partition coefficient (Wildman–Crippen LogP) is 6.71. The predicted molar refractivity (Wildman–Crippen MR) is 101 cm³/mol. The lowest BCUT2D eigenvalue weighted by Gasteiger charge is -1.95. The molecule has 0 aromatic heterocycles. The van der Waals surface area contributed by atoms with Crippen molar-refractivity contribution in [2.24, 2.45) is 0 Å². The van der Waals surface area contributed by atoms with Gasteiger partial charge in [0.25, 0.3) is 0 Å². The number of halogens is 2. The Morgan fingerprint density at radius 2 is 0.800 bits per heavy atom. The topological polar surface area (TPSA) is 0 Å². The van der Waals surface area contributed by atoms with Crippen molar-refractivity contribution >= 4 is 31.9 Å². The summed E-state index contributed by atoms with van der Waals surface area (Å²) in [4.78, 5) is 0. The Morgan fingerprint density at radius 1 is 0.500 bits per heavy atom. The number of alkyl halides is 2. The highest BCUT2D eigenvalue weighted by atomic mass is 79.9. The number of hydrogen-bond donors (Lipinski definition) is 0. The van der Waals surface area contributed by atoms with Crippen molar-refractivity contribution in [2.75, 3.05) is 10.7 Å². The lowest BCUT2D eigenvalue weighted by Crippen LogP contribution is -1.79. The van der Waals surface area contributed by atoms with Gasteiger partial charge in [0.1, 0.15) is 0 Å². The van der Waals surface area contributed by atoms with Crippen LogP contribution < -0.4 is 0 Å². The van der Waals surface area contributed by atoms with E-state index in [1.54, 1.807) is 0 Å². The van der Waals surface area contributed by atoms with Crippen LogP contribution in [0.25, 0.3) is 0 Å². The third kappa shape index (κ3) is 26.6. The van der Waals surface area contributed by atoms with Crippen LogP contribution in [0, 0.1) is 24.7 Å². The number of rotatable bonds is 12. The van der Waals surface area contributed by atoms with E-state index < -0.39 is 0 Å². The molecule has 2 heteroatoms. The molecule has 0 amide bonds. The van der Waals surface area contributed by atoms with Gasteiger partial charge in [0.2, 0.25) is 0 Å². The van der Waals surface area contributed by atoms with E-state index in [4.69, 9.17) is 12.8 Å². The maximum absolute atomic E-state index is 5.11. The van der Waals surface area contributed by atoms with E-state index in [0.29, 0.717) is 0 Å². The first kappa shape index (κ1) is 22.4. The molecule has 0 aliphatic rings. The Labute approximate surface area is 144 Å². The zero-order valence-corrected chi connectivity index (χ0v) is 16.0. The monoisotopic (exact) mass is 404 g/mol. The lowest BCUT2D eigenvalue weighted by atomic mass is 10.1. The van der Waals surface area contributed by atoms with Crippen LogP contribution in [0.1, 0.15) is 77.0 Å². The highest BCUT2D eigenvalue weighted by Gasteiger charge is 1.88. The first-order valence-electron chi connectivity index (χ1n) is 7.82. The van der Waals surface area contributed by atoms with E-state index in [1.807, 2.05) is 0 Å². The quantitative estimate of drug-likeness (QED) is 0.192. The van der Waals surface area contributed by atoms with Crippen molar-refractivity contribution in [2.45, 2.75) is 77.0 Å². The molecule has 0 radical (unpaired) electrons. The van der Waals surface area contributed by atoms with Gasteiger partial charge in [-0.3, -0.25) is 0 Å². The van der Waals surface area contributed by atoms with E-state index in [9.17, 15) is 0 Å². The zero-order chi connectivity index (χ0) is 15.3. The van der Waals surface area contributed by atoms with Crippen molar-refractivity contribution in [1.29, 1.82) is 0 Å². The molecule has 116 valence electrons. The molecular formula is C18H30Br2. The molecular weight excluding hydrogens is 376 g/mol. The van der Waals surface area contributed by atoms with Gasteiger partial charge in [0.15, 0.2) is 0 Å². The fourth-order valence-electron chi connectivity index (χ4n) is 1.70. The molecule has 20 heavy (non-hydrogen) atoms. The summed E-state index contributed by atoms with van der Waals surface area (Å²) >= 11 is 6.82. The van der Waals surface area contributed by atoms with E-state index in [0.717, 1.165) is 12.8 Å². The molecule has 0 N–H and O–H groups in total.